The van der Waals surface area contributed by atoms with Crippen molar-refractivity contribution < 1.29 is 38.0 Å². The number of carbonyl (C=O) groups is 2. The summed E-state index contributed by atoms with van der Waals surface area (Å²) < 4.78 is 37.1. The molecule has 0 saturated carbocycles. The highest BCUT2D eigenvalue weighted by atomic mass is 19.1. The lowest BCUT2D eigenvalue weighted by atomic mass is 10.0. The zero-order chi connectivity index (χ0) is 28.4. The van der Waals surface area contributed by atoms with E-state index in [-0.39, 0.29) is 54.7 Å². The van der Waals surface area contributed by atoms with Gasteiger partial charge in [0.2, 0.25) is 0 Å². The molecule has 2 rings (SSSR count). The Morgan fingerprint density at radius 3 is 2.38 bits per heavy atom. The molecule has 0 aliphatic rings. The Labute approximate surface area is 216 Å². The van der Waals surface area contributed by atoms with Gasteiger partial charge in [-0.15, -0.1) is 0 Å². The molecule has 2 heterocycles. The van der Waals surface area contributed by atoms with Crippen LogP contribution < -0.4 is 4.90 Å². The number of allylic oxidation sites excluding steroid dienone is 1. The molecule has 2 aromatic rings. The van der Waals surface area contributed by atoms with Crippen LogP contribution in [0.25, 0.3) is 11.2 Å². The lowest BCUT2D eigenvalue weighted by Gasteiger charge is -2.27. The Kier molecular flexibility index (Phi) is 11.9. The number of aromatic nitrogens is 4. The third kappa shape index (κ3) is 8.64. The summed E-state index contributed by atoms with van der Waals surface area (Å²) in [5.41, 5.74) is -1.49. The molecule has 1 amide bonds. The van der Waals surface area contributed by atoms with Gasteiger partial charge in [-0.1, -0.05) is 13.8 Å². The van der Waals surface area contributed by atoms with Crippen molar-refractivity contribution >= 4 is 29.5 Å². The lowest BCUT2D eigenvalue weighted by Crippen LogP contribution is -2.39. The first kappa shape index (κ1) is 31.7. The molecule has 12 nitrogen and oxygen atoms in total. The van der Waals surface area contributed by atoms with E-state index in [1.54, 1.807) is 32.3 Å². The number of aliphatic hydroxyl groups is 1. The molecule has 0 aromatic carbocycles. The van der Waals surface area contributed by atoms with E-state index in [9.17, 15) is 19.1 Å². The standard InChI is InChI=1S/C22H32FN5O7.C2H6/c1-14(32-6)15(34-13-30)10-28(20(31)35-21(2,3)4)18-16-17(25-19(23)26-18)27(12-24-16)9-8-22(5,11-29)33-7;1-2/h12-13,29H,8-11H2,1-7H3;1-2H3/b15-14-;/t22-;/m0./s1. The summed E-state index contributed by atoms with van der Waals surface area (Å²) in [6.07, 6.45) is -0.198. The molecule has 0 bridgehead atoms. The molecule has 37 heavy (non-hydrogen) atoms. The topological polar surface area (TPSA) is 138 Å². The summed E-state index contributed by atoms with van der Waals surface area (Å²) in [7, 11) is 2.85. The van der Waals surface area contributed by atoms with Crippen molar-refractivity contribution in [1.82, 2.24) is 19.5 Å². The molecule has 0 aliphatic carbocycles. The fourth-order valence-electron chi connectivity index (χ4n) is 2.95. The summed E-state index contributed by atoms with van der Waals surface area (Å²) in [5, 5.41) is 9.59. The van der Waals surface area contributed by atoms with Crippen molar-refractivity contribution in [3.63, 3.8) is 0 Å². The molecule has 0 fully saturated rings. The summed E-state index contributed by atoms with van der Waals surface area (Å²) in [5.74, 6) is 0.0108. The van der Waals surface area contributed by atoms with Crippen LogP contribution in [-0.2, 0) is 30.3 Å². The van der Waals surface area contributed by atoms with Gasteiger partial charge in [0, 0.05) is 13.7 Å². The Morgan fingerprint density at radius 2 is 1.86 bits per heavy atom. The molecule has 208 valence electrons. The number of methoxy groups -OCH3 is 2. The highest BCUT2D eigenvalue weighted by Gasteiger charge is 2.30. The van der Waals surface area contributed by atoms with Crippen LogP contribution in [0.4, 0.5) is 15.0 Å². The second kappa shape index (κ2) is 13.8. The zero-order valence-electron chi connectivity index (χ0n) is 23.0. The van der Waals surface area contributed by atoms with E-state index in [2.05, 4.69) is 15.0 Å². The minimum Gasteiger partial charge on any atom is -0.498 e. The number of amides is 1. The number of fused-ring (bicyclic) bond motifs is 1. The quantitative estimate of drug-likeness (QED) is 0.262. The number of anilines is 1. The minimum absolute atomic E-state index is 0.0150. The summed E-state index contributed by atoms with van der Waals surface area (Å²) >= 11 is 0. The van der Waals surface area contributed by atoms with Crippen molar-refractivity contribution in [1.29, 1.82) is 0 Å². The summed E-state index contributed by atoms with van der Waals surface area (Å²) in [6, 6.07) is 0. The number of aliphatic hydroxyl groups excluding tert-OH is 1. The van der Waals surface area contributed by atoms with E-state index >= 15 is 0 Å². The van der Waals surface area contributed by atoms with Crippen molar-refractivity contribution in [3.8, 4) is 0 Å². The fourth-order valence-corrected chi connectivity index (χ4v) is 2.95. The van der Waals surface area contributed by atoms with Crippen LogP contribution in [0, 0.1) is 6.08 Å². The van der Waals surface area contributed by atoms with E-state index in [0.717, 1.165) is 4.90 Å². The van der Waals surface area contributed by atoms with E-state index in [4.69, 9.17) is 18.9 Å². The number of imidazole rings is 1. The van der Waals surface area contributed by atoms with Gasteiger partial charge in [-0.25, -0.2) is 9.78 Å². The number of hydrogen-bond donors (Lipinski definition) is 1. The molecule has 0 saturated heterocycles. The molecule has 0 unspecified atom stereocenters. The molecular formula is C24H38FN5O7. The lowest BCUT2D eigenvalue weighted by molar-refractivity contribution is -0.125. The van der Waals surface area contributed by atoms with Crippen LogP contribution >= 0.6 is 0 Å². The predicted molar refractivity (Wildman–Crippen MR) is 134 cm³/mol. The smallest absolute Gasteiger partial charge is 0.416 e. The largest absolute Gasteiger partial charge is 0.498 e. The van der Waals surface area contributed by atoms with Gasteiger partial charge in [0.15, 0.2) is 22.7 Å². The molecule has 2 aromatic heterocycles. The number of carbonyl (C=O) groups excluding carboxylic acids is 2. The maximum absolute atomic E-state index is 14.6. The van der Waals surface area contributed by atoms with Gasteiger partial charge in [0.05, 0.1) is 32.2 Å². The third-order valence-electron chi connectivity index (χ3n) is 5.19. The summed E-state index contributed by atoms with van der Waals surface area (Å²) in [4.78, 5) is 37.1. The van der Waals surface area contributed by atoms with Gasteiger partial charge in [-0.2, -0.15) is 14.4 Å². The van der Waals surface area contributed by atoms with Crippen LogP contribution in [0.2, 0.25) is 0 Å². The Balaban J connectivity index is 0.00000334. The van der Waals surface area contributed by atoms with Crippen molar-refractivity contribution in [2.75, 3.05) is 32.3 Å². The van der Waals surface area contributed by atoms with E-state index < -0.39 is 23.4 Å². The number of rotatable bonds is 11. The van der Waals surface area contributed by atoms with Crippen LogP contribution in [0.5, 0.6) is 0 Å². The van der Waals surface area contributed by atoms with Crippen LogP contribution in [-0.4, -0.2) is 75.8 Å². The van der Waals surface area contributed by atoms with E-state index in [1.165, 1.54) is 27.5 Å². The van der Waals surface area contributed by atoms with Gasteiger partial charge < -0.3 is 28.6 Å². The fraction of sp³-hybridized carbons (Fsp3) is 0.625. The number of halogens is 1. The Morgan fingerprint density at radius 1 is 1.22 bits per heavy atom. The molecule has 0 aliphatic heterocycles. The number of ether oxygens (including phenoxy) is 4. The number of hydrogen-bond acceptors (Lipinski definition) is 10. The Bertz CT molecular complexity index is 1080. The minimum atomic E-state index is -1.11. The molecule has 0 spiro atoms. The second-order valence-electron chi connectivity index (χ2n) is 8.95. The SMILES string of the molecule is CC.CO/C(C)=C(/CN(C(=O)OC(C)(C)C)c1nc(F)nc2c1ncn2CC[C@@](C)(CO)OC)OC=O. The first-order chi connectivity index (χ1) is 17.4. The van der Waals surface area contributed by atoms with Crippen LogP contribution in [0.3, 0.4) is 0 Å². The average Bonchev–Trinajstić information content (AvgIpc) is 3.27. The first-order valence-electron chi connectivity index (χ1n) is 11.8. The number of aryl methyl sites for hydroxylation is 1. The number of nitrogens with zero attached hydrogens (tertiary/aromatic N) is 5. The zero-order valence-corrected chi connectivity index (χ0v) is 23.0. The maximum Gasteiger partial charge on any atom is 0.416 e. The van der Waals surface area contributed by atoms with Gasteiger partial charge in [0.25, 0.3) is 6.47 Å². The first-order valence-corrected chi connectivity index (χ1v) is 11.8. The van der Waals surface area contributed by atoms with Crippen molar-refractivity contribution in [3.05, 3.63) is 23.9 Å². The normalized spacial score (nSPS) is 13.6. The van der Waals surface area contributed by atoms with E-state index in [1.807, 2.05) is 13.8 Å². The Hall–Kier alpha value is -3.32. The van der Waals surface area contributed by atoms with Crippen LogP contribution in [0.15, 0.2) is 17.8 Å². The maximum atomic E-state index is 14.6. The monoisotopic (exact) mass is 527 g/mol. The highest BCUT2D eigenvalue weighted by molar-refractivity contribution is 5.96. The predicted octanol–water partition coefficient (Wildman–Crippen LogP) is 3.57. The molecule has 13 heteroatoms. The molecule has 0 radical (unpaired) electrons. The van der Waals surface area contributed by atoms with Gasteiger partial charge >= 0.3 is 12.2 Å². The third-order valence-corrected chi connectivity index (χ3v) is 5.19. The van der Waals surface area contributed by atoms with Crippen LogP contribution in [0.1, 0.15) is 54.9 Å². The van der Waals surface area contributed by atoms with Gasteiger partial charge in [0.1, 0.15) is 11.4 Å². The molecule has 1 N–H and O–H groups in total. The highest BCUT2D eigenvalue weighted by Crippen LogP contribution is 2.27. The van der Waals surface area contributed by atoms with Crippen molar-refractivity contribution in [2.24, 2.45) is 0 Å². The van der Waals surface area contributed by atoms with Crippen molar-refractivity contribution in [2.45, 2.75) is 72.6 Å². The van der Waals surface area contributed by atoms with Gasteiger partial charge in [-0.3, -0.25) is 9.69 Å². The molecular weight excluding hydrogens is 489 g/mol. The van der Waals surface area contributed by atoms with E-state index in [0.29, 0.717) is 6.42 Å². The summed E-state index contributed by atoms with van der Waals surface area (Å²) in [6.45, 7) is 12.2. The second-order valence-corrected chi connectivity index (χ2v) is 8.95. The molecule has 1 atom stereocenters. The van der Waals surface area contributed by atoms with Gasteiger partial charge in [-0.05, 0) is 41.0 Å². The average molecular weight is 528 g/mol.